The highest BCUT2D eigenvalue weighted by atomic mass is 35.5. The molecule has 0 atom stereocenters. The highest BCUT2D eigenvalue weighted by Crippen LogP contribution is 2.26. The SMILES string of the molecule is COc1ccc(C(=O)N(C)Cc2nc(-c3ccc(C(C)(C)C)cc3)no2)cc1Cl. The first-order valence-corrected chi connectivity index (χ1v) is 9.59. The van der Waals surface area contributed by atoms with Crippen LogP contribution in [0.5, 0.6) is 5.75 Å². The second-order valence-corrected chi connectivity index (χ2v) is 8.26. The summed E-state index contributed by atoms with van der Waals surface area (Å²) >= 11 is 6.11. The number of rotatable bonds is 5. The first-order chi connectivity index (χ1) is 13.7. The van der Waals surface area contributed by atoms with E-state index in [4.69, 9.17) is 20.9 Å². The molecule has 1 aromatic heterocycles. The van der Waals surface area contributed by atoms with Gasteiger partial charge in [0.15, 0.2) is 0 Å². The zero-order valence-corrected chi connectivity index (χ0v) is 17.9. The summed E-state index contributed by atoms with van der Waals surface area (Å²) in [7, 11) is 3.20. The maximum absolute atomic E-state index is 12.6. The summed E-state index contributed by atoms with van der Waals surface area (Å²) in [4.78, 5) is 18.6. The van der Waals surface area contributed by atoms with Gasteiger partial charge in [0.05, 0.1) is 18.7 Å². The van der Waals surface area contributed by atoms with Crippen molar-refractivity contribution in [2.45, 2.75) is 32.7 Å². The van der Waals surface area contributed by atoms with Gasteiger partial charge >= 0.3 is 0 Å². The van der Waals surface area contributed by atoms with Crippen LogP contribution >= 0.6 is 11.6 Å². The van der Waals surface area contributed by atoms with E-state index in [9.17, 15) is 4.79 Å². The van der Waals surface area contributed by atoms with Crippen molar-refractivity contribution < 1.29 is 14.1 Å². The maximum atomic E-state index is 12.6. The Kier molecular flexibility index (Phi) is 5.94. The molecule has 0 saturated carbocycles. The standard InChI is InChI=1S/C22H24ClN3O3/c1-22(2,3)16-9-6-14(7-10-16)20-24-19(29-25-20)13-26(4)21(27)15-8-11-18(28-5)17(23)12-15/h6-12H,13H2,1-5H3. The van der Waals surface area contributed by atoms with E-state index in [0.717, 1.165) is 5.56 Å². The Morgan fingerprint density at radius 2 is 1.86 bits per heavy atom. The van der Waals surface area contributed by atoms with E-state index in [0.29, 0.717) is 28.1 Å². The average molecular weight is 414 g/mol. The molecule has 6 nitrogen and oxygen atoms in total. The number of ether oxygens (including phenoxy) is 1. The molecule has 0 fully saturated rings. The lowest BCUT2D eigenvalue weighted by molar-refractivity contribution is 0.0769. The Hall–Kier alpha value is -2.86. The van der Waals surface area contributed by atoms with E-state index in [2.05, 4.69) is 43.0 Å². The predicted octanol–water partition coefficient (Wildman–Crippen LogP) is 4.97. The molecule has 3 rings (SSSR count). The predicted molar refractivity (Wildman–Crippen MR) is 112 cm³/mol. The van der Waals surface area contributed by atoms with Gasteiger partial charge in [0.25, 0.3) is 5.91 Å². The minimum absolute atomic E-state index is 0.0777. The van der Waals surface area contributed by atoms with Crippen LogP contribution in [0.4, 0.5) is 0 Å². The Labute approximate surface area is 175 Å². The van der Waals surface area contributed by atoms with Crippen LogP contribution in [0.3, 0.4) is 0 Å². The van der Waals surface area contributed by atoms with Crippen LogP contribution in [-0.2, 0) is 12.0 Å². The summed E-state index contributed by atoms with van der Waals surface area (Å²) in [6.07, 6.45) is 0. The largest absolute Gasteiger partial charge is 0.495 e. The van der Waals surface area contributed by atoms with Crippen LogP contribution in [0.15, 0.2) is 47.0 Å². The summed E-state index contributed by atoms with van der Waals surface area (Å²) < 4.78 is 10.4. The summed E-state index contributed by atoms with van der Waals surface area (Å²) in [6, 6.07) is 13.0. The van der Waals surface area contributed by atoms with Crippen LogP contribution in [0.2, 0.25) is 5.02 Å². The number of halogens is 1. The van der Waals surface area contributed by atoms with Gasteiger partial charge in [0.1, 0.15) is 5.75 Å². The molecule has 0 aliphatic heterocycles. The molecule has 0 bridgehead atoms. The molecule has 29 heavy (non-hydrogen) atoms. The monoisotopic (exact) mass is 413 g/mol. The highest BCUT2D eigenvalue weighted by Gasteiger charge is 2.18. The molecule has 0 aliphatic rings. The molecule has 1 heterocycles. The lowest BCUT2D eigenvalue weighted by Gasteiger charge is -2.18. The smallest absolute Gasteiger partial charge is 0.254 e. The summed E-state index contributed by atoms with van der Waals surface area (Å²) in [5.74, 6) is 1.16. The quantitative estimate of drug-likeness (QED) is 0.590. The van der Waals surface area contributed by atoms with Gasteiger partial charge in [-0.05, 0) is 29.2 Å². The Balaban J connectivity index is 1.71. The van der Waals surface area contributed by atoms with E-state index in [-0.39, 0.29) is 17.9 Å². The van der Waals surface area contributed by atoms with Crippen molar-refractivity contribution in [3.8, 4) is 17.1 Å². The van der Waals surface area contributed by atoms with Crippen molar-refractivity contribution in [1.82, 2.24) is 15.0 Å². The van der Waals surface area contributed by atoms with Crippen molar-refractivity contribution in [2.24, 2.45) is 0 Å². The molecule has 3 aromatic rings. The maximum Gasteiger partial charge on any atom is 0.254 e. The molecule has 0 radical (unpaired) electrons. The average Bonchev–Trinajstić information content (AvgIpc) is 3.15. The Morgan fingerprint density at radius 1 is 1.17 bits per heavy atom. The second kappa shape index (κ2) is 8.25. The van der Waals surface area contributed by atoms with Gasteiger partial charge < -0.3 is 14.2 Å². The number of carbonyl (C=O) groups is 1. The zero-order chi connectivity index (χ0) is 21.2. The molecule has 0 aliphatic carbocycles. The van der Waals surface area contributed by atoms with Crippen molar-refractivity contribution >= 4 is 17.5 Å². The Bertz CT molecular complexity index is 1010. The number of methoxy groups -OCH3 is 1. The summed E-state index contributed by atoms with van der Waals surface area (Å²) in [5, 5.41) is 4.42. The molecular formula is C22H24ClN3O3. The molecule has 0 saturated heterocycles. The number of amides is 1. The minimum atomic E-state index is -0.205. The molecule has 0 spiro atoms. The third kappa shape index (κ3) is 4.77. The fourth-order valence-electron chi connectivity index (χ4n) is 2.85. The van der Waals surface area contributed by atoms with E-state index in [1.807, 2.05) is 12.1 Å². The van der Waals surface area contributed by atoms with Gasteiger partial charge in [0, 0.05) is 18.2 Å². The second-order valence-electron chi connectivity index (χ2n) is 7.85. The van der Waals surface area contributed by atoms with E-state index < -0.39 is 0 Å². The molecule has 7 heteroatoms. The number of nitrogens with zero attached hydrogens (tertiary/aromatic N) is 3. The van der Waals surface area contributed by atoms with Crippen molar-refractivity contribution in [3.63, 3.8) is 0 Å². The number of hydrogen-bond donors (Lipinski definition) is 0. The van der Waals surface area contributed by atoms with Gasteiger partial charge in [-0.25, -0.2) is 0 Å². The fraction of sp³-hybridized carbons (Fsp3) is 0.318. The lowest BCUT2D eigenvalue weighted by atomic mass is 9.87. The number of carbonyl (C=O) groups excluding carboxylic acids is 1. The molecule has 1 amide bonds. The van der Waals surface area contributed by atoms with Crippen molar-refractivity contribution in [2.75, 3.05) is 14.2 Å². The zero-order valence-electron chi connectivity index (χ0n) is 17.2. The van der Waals surface area contributed by atoms with Gasteiger partial charge in [-0.3, -0.25) is 4.79 Å². The normalized spacial score (nSPS) is 11.4. The van der Waals surface area contributed by atoms with E-state index in [1.54, 1.807) is 25.2 Å². The summed E-state index contributed by atoms with van der Waals surface area (Å²) in [5.41, 5.74) is 2.63. The highest BCUT2D eigenvalue weighted by molar-refractivity contribution is 6.32. The minimum Gasteiger partial charge on any atom is -0.495 e. The first-order valence-electron chi connectivity index (χ1n) is 9.21. The molecule has 0 N–H and O–H groups in total. The third-order valence-electron chi connectivity index (χ3n) is 4.60. The van der Waals surface area contributed by atoms with Crippen LogP contribution in [0.25, 0.3) is 11.4 Å². The number of benzene rings is 2. The van der Waals surface area contributed by atoms with Crippen LogP contribution in [0.1, 0.15) is 42.6 Å². The van der Waals surface area contributed by atoms with Gasteiger partial charge in [-0.15, -0.1) is 0 Å². The number of hydrogen-bond acceptors (Lipinski definition) is 5. The molecular weight excluding hydrogens is 390 g/mol. The third-order valence-corrected chi connectivity index (χ3v) is 4.89. The Morgan fingerprint density at radius 3 is 2.45 bits per heavy atom. The number of aromatic nitrogens is 2. The van der Waals surface area contributed by atoms with Crippen LogP contribution in [-0.4, -0.2) is 35.1 Å². The van der Waals surface area contributed by atoms with Gasteiger partial charge in [0.2, 0.25) is 11.7 Å². The first kappa shape index (κ1) is 20.9. The lowest BCUT2D eigenvalue weighted by Crippen LogP contribution is -2.26. The van der Waals surface area contributed by atoms with Gasteiger partial charge in [-0.2, -0.15) is 4.98 Å². The molecule has 2 aromatic carbocycles. The van der Waals surface area contributed by atoms with Crippen LogP contribution < -0.4 is 4.74 Å². The molecule has 0 unspecified atom stereocenters. The van der Waals surface area contributed by atoms with Crippen molar-refractivity contribution in [3.05, 3.63) is 64.5 Å². The fourth-order valence-corrected chi connectivity index (χ4v) is 3.11. The molecule has 152 valence electrons. The summed E-state index contributed by atoms with van der Waals surface area (Å²) in [6.45, 7) is 6.68. The van der Waals surface area contributed by atoms with E-state index in [1.165, 1.54) is 17.6 Å². The topological polar surface area (TPSA) is 68.5 Å². The van der Waals surface area contributed by atoms with Crippen LogP contribution in [0, 0.1) is 0 Å². The van der Waals surface area contributed by atoms with Crippen molar-refractivity contribution in [1.29, 1.82) is 0 Å². The van der Waals surface area contributed by atoms with E-state index >= 15 is 0 Å². The van der Waals surface area contributed by atoms with Gasteiger partial charge in [-0.1, -0.05) is 61.8 Å².